The van der Waals surface area contributed by atoms with E-state index in [1.807, 2.05) is 19.9 Å². The van der Waals surface area contributed by atoms with Crippen molar-refractivity contribution < 1.29 is 14.3 Å². The molecule has 0 bridgehead atoms. The van der Waals surface area contributed by atoms with Gasteiger partial charge in [0.1, 0.15) is 6.10 Å². The van der Waals surface area contributed by atoms with Gasteiger partial charge >= 0.3 is 0 Å². The molecule has 0 aromatic rings. The van der Waals surface area contributed by atoms with Gasteiger partial charge in [-0.1, -0.05) is 13.8 Å². The second-order valence-electron chi connectivity index (χ2n) is 3.65. The van der Waals surface area contributed by atoms with Gasteiger partial charge in [-0.25, -0.2) is 0 Å². The van der Waals surface area contributed by atoms with Crippen LogP contribution in [0.5, 0.6) is 0 Å². The number of carbonyl (C=O) groups excluding carboxylic acids is 1. The highest BCUT2D eigenvalue weighted by atomic mass is 16.6. The molecule has 1 saturated heterocycles. The number of hydrogen-bond donors (Lipinski definition) is 1. The van der Waals surface area contributed by atoms with E-state index in [1.165, 1.54) is 0 Å². The predicted octanol–water partition coefficient (Wildman–Crippen LogP) is 1.00. The van der Waals surface area contributed by atoms with Crippen LogP contribution < -0.4 is 5.73 Å². The van der Waals surface area contributed by atoms with Crippen molar-refractivity contribution in [1.29, 1.82) is 0 Å². The van der Waals surface area contributed by atoms with Crippen LogP contribution in [0.2, 0.25) is 0 Å². The number of nitrogens with two attached hydrogens (primary N) is 1. The molecule has 1 heterocycles. The first-order chi connectivity index (χ1) is 7.17. The standard InChI is InChI=1S/C11H19NO3/c1-3-8(11(12)13)5-9(4-2)14-6-10-7-15-10/h5,9-10H,3-4,6-7H2,1-2H3,(H2,12,13). The minimum Gasteiger partial charge on any atom is -0.371 e. The Kier molecular flexibility index (Phi) is 4.78. The fraction of sp³-hybridized carbons (Fsp3) is 0.727. The molecule has 0 aliphatic carbocycles. The maximum absolute atomic E-state index is 11.0. The van der Waals surface area contributed by atoms with Crippen molar-refractivity contribution in [2.75, 3.05) is 13.2 Å². The van der Waals surface area contributed by atoms with Gasteiger partial charge < -0.3 is 15.2 Å². The minimum atomic E-state index is -0.359. The van der Waals surface area contributed by atoms with Gasteiger partial charge in [0.25, 0.3) is 0 Å². The first kappa shape index (κ1) is 12.2. The van der Waals surface area contributed by atoms with Gasteiger partial charge in [0.2, 0.25) is 5.91 Å². The van der Waals surface area contributed by atoms with Crippen LogP contribution in [0.1, 0.15) is 26.7 Å². The molecule has 1 rings (SSSR count). The Balaban J connectivity index is 2.43. The Bertz CT molecular complexity index is 246. The van der Waals surface area contributed by atoms with E-state index in [0.717, 1.165) is 13.0 Å². The van der Waals surface area contributed by atoms with Gasteiger partial charge in [-0.05, 0) is 18.9 Å². The maximum Gasteiger partial charge on any atom is 0.244 e. The zero-order chi connectivity index (χ0) is 11.3. The zero-order valence-corrected chi connectivity index (χ0v) is 9.36. The minimum absolute atomic E-state index is 0.0309. The molecule has 1 amide bonds. The van der Waals surface area contributed by atoms with Gasteiger partial charge in [-0.3, -0.25) is 4.79 Å². The highest BCUT2D eigenvalue weighted by Gasteiger charge is 2.23. The predicted molar refractivity (Wildman–Crippen MR) is 57.3 cm³/mol. The van der Waals surface area contributed by atoms with Crippen LogP contribution in [0.3, 0.4) is 0 Å². The van der Waals surface area contributed by atoms with Crippen molar-refractivity contribution in [3.63, 3.8) is 0 Å². The van der Waals surface area contributed by atoms with E-state index >= 15 is 0 Å². The average molecular weight is 213 g/mol. The number of ether oxygens (including phenoxy) is 2. The second kappa shape index (κ2) is 5.88. The Morgan fingerprint density at radius 2 is 2.33 bits per heavy atom. The molecular weight excluding hydrogens is 194 g/mol. The van der Waals surface area contributed by atoms with Crippen LogP contribution in [-0.4, -0.2) is 31.3 Å². The number of epoxide rings is 1. The summed E-state index contributed by atoms with van der Waals surface area (Å²) in [5, 5.41) is 0. The van der Waals surface area contributed by atoms with Crippen LogP contribution in [-0.2, 0) is 14.3 Å². The van der Waals surface area contributed by atoms with E-state index in [2.05, 4.69) is 0 Å². The lowest BCUT2D eigenvalue weighted by molar-refractivity contribution is -0.114. The summed E-state index contributed by atoms with van der Waals surface area (Å²) in [4.78, 5) is 11.0. The van der Waals surface area contributed by atoms with Crippen molar-refractivity contribution in [3.8, 4) is 0 Å². The van der Waals surface area contributed by atoms with Crippen LogP contribution in [0.25, 0.3) is 0 Å². The molecule has 2 N–H and O–H groups in total. The third-order valence-electron chi connectivity index (χ3n) is 2.39. The number of amides is 1. The highest BCUT2D eigenvalue weighted by Crippen LogP contribution is 2.13. The second-order valence-corrected chi connectivity index (χ2v) is 3.65. The molecule has 0 aromatic carbocycles. The number of carbonyl (C=O) groups is 1. The first-order valence-electron chi connectivity index (χ1n) is 5.41. The van der Waals surface area contributed by atoms with Gasteiger partial charge in [-0.2, -0.15) is 0 Å². The lowest BCUT2D eigenvalue weighted by atomic mass is 10.1. The Morgan fingerprint density at radius 1 is 1.67 bits per heavy atom. The van der Waals surface area contributed by atoms with E-state index in [4.69, 9.17) is 15.2 Å². The molecule has 15 heavy (non-hydrogen) atoms. The SMILES string of the molecule is CCC(=CC(CC)OCC1CO1)C(N)=O. The summed E-state index contributed by atoms with van der Waals surface area (Å²) in [7, 11) is 0. The monoisotopic (exact) mass is 213 g/mol. The summed E-state index contributed by atoms with van der Waals surface area (Å²) in [5.74, 6) is -0.359. The molecule has 0 spiro atoms. The van der Waals surface area contributed by atoms with Crippen molar-refractivity contribution in [3.05, 3.63) is 11.6 Å². The average Bonchev–Trinajstić information content (AvgIpc) is 3.01. The molecule has 1 fully saturated rings. The fourth-order valence-electron chi connectivity index (χ4n) is 1.28. The summed E-state index contributed by atoms with van der Waals surface area (Å²) in [6, 6.07) is 0. The summed E-state index contributed by atoms with van der Waals surface area (Å²) in [6.07, 6.45) is 3.53. The van der Waals surface area contributed by atoms with Gasteiger partial charge in [0, 0.05) is 5.57 Å². The normalized spacial score (nSPS) is 22.5. The maximum atomic E-state index is 11.0. The quantitative estimate of drug-likeness (QED) is 0.507. The van der Waals surface area contributed by atoms with E-state index < -0.39 is 0 Å². The van der Waals surface area contributed by atoms with Crippen LogP contribution >= 0.6 is 0 Å². The smallest absolute Gasteiger partial charge is 0.244 e. The summed E-state index contributed by atoms with van der Waals surface area (Å²) >= 11 is 0. The summed E-state index contributed by atoms with van der Waals surface area (Å²) in [6.45, 7) is 5.32. The van der Waals surface area contributed by atoms with Crippen LogP contribution in [0, 0.1) is 0 Å². The van der Waals surface area contributed by atoms with Crippen molar-refractivity contribution in [2.24, 2.45) is 5.73 Å². The third-order valence-corrected chi connectivity index (χ3v) is 2.39. The van der Waals surface area contributed by atoms with Crippen LogP contribution in [0.4, 0.5) is 0 Å². The van der Waals surface area contributed by atoms with Crippen molar-refractivity contribution >= 4 is 5.91 Å². The summed E-state index contributed by atoms with van der Waals surface area (Å²) in [5.41, 5.74) is 5.87. The molecule has 86 valence electrons. The molecule has 1 aliphatic rings. The summed E-state index contributed by atoms with van der Waals surface area (Å²) < 4.78 is 10.6. The van der Waals surface area contributed by atoms with Gasteiger partial charge in [-0.15, -0.1) is 0 Å². The van der Waals surface area contributed by atoms with Crippen LogP contribution in [0.15, 0.2) is 11.6 Å². The fourth-order valence-corrected chi connectivity index (χ4v) is 1.28. The molecular formula is C11H19NO3. The lowest BCUT2D eigenvalue weighted by Gasteiger charge is -2.12. The Labute approximate surface area is 90.4 Å². The number of rotatable bonds is 7. The molecule has 1 aliphatic heterocycles. The number of hydrogen-bond acceptors (Lipinski definition) is 3. The molecule has 2 unspecified atom stereocenters. The Morgan fingerprint density at radius 3 is 2.73 bits per heavy atom. The Hall–Kier alpha value is -0.870. The van der Waals surface area contributed by atoms with E-state index in [-0.39, 0.29) is 18.1 Å². The number of primary amides is 1. The molecule has 4 heteroatoms. The molecule has 0 saturated carbocycles. The molecule has 4 nitrogen and oxygen atoms in total. The van der Waals surface area contributed by atoms with E-state index in [1.54, 1.807) is 0 Å². The van der Waals surface area contributed by atoms with Crippen molar-refractivity contribution in [2.45, 2.75) is 38.9 Å². The molecule has 0 aromatic heterocycles. The topological polar surface area (TPSA) is 64.8 Å². The van der Waals surface area contributed by atoms with Gasteiger partial charge in [0.05, 0.1) is 19.3 Å². The molecule has 0 radical (unpaired) electrons. The first-order valence-corrected chi connectivity index (χ1v) is 5.41. The van der Waals surface area contributed by atoms with E-state index in [0.29, 0.717) is 18.6 Å². The van der Waals surface area contributed by atoms with Crippen molar-refractivity contribution in [1.82, 2.24) is 0 Å². The lowest BCUT2D eigenvalue weighted by Crippen LogP contribution is -2.18. The highest BCUT2D eigenvalue weighted by molar-refractivity contribution is 5.91. The zero-order valence-electron chi connectivity index (χ0n) is 9.36. The largest absolute Gasteiger partial charge is 0.371 e. The molecule has 2 atom stereocenters. The van der Waals surface area contributed by atoms with E-state index in [9.17, 15) is 4.79 Å². The van der Waals surface area contributed by atoms with Gasteiger partial charge in [0.15, 0.2) is 0 Å². The third kappa shape index (κ3) is 4.44.